The topological polar surface area (TPSA) is 44.0 Å². The summed E-state index contributed by atoms with van der Waals surface area (Å²) in [6, 6.07) is 2.48. The van der Waals surface area contributed by atoms with Crippen molar-refractivity contribution in [1.82, 2.24) is 0 Å². The first-order chi connectivity index (χ1) is 6.56. The van der Waals surface area contributed by atoms with Crippen molar-refractivity contribution in [2.24, 2.45) is 0 Å². The highest BCUT2D eigenvalue weighted by Gasteiger charge is 2.16. The molecule has 1 rings (SSSR count). The first kappa shape index (κ1) is 10.5. The summed E-state index contributed by atoms with van der Waals surface area (Å²) in [4.78, 5) is 0. The zero-order valence-corrected chi connectivity index (χ0v) is 6.97. The molecule has 0 aromatic heterocycles. The molecule has 0 aliphatic rings. The summed E-state index contributed by atoms with van der Waals surface area (Å²) in [5, 5.41) is 17.4. The molecule has 0 heterocycles. The lowest BCUT2D eigenvalue weighted by Crippen LogP contribution is -2.02. The number of rotatable bonds is 2. The van der Waals surface area contributed by atoms with Crippen LogP contribution in [0, 0.1) is 28.8 Å². The van der Waals surface area contributed by atoms with Crippen molar-refractivity contribution in [3.63, 3.8) is 0 Å². The van der Waals surface area contributed by atoms with Crippen molar-refractivity contribution in [1.29, 1.82) is 5.26 Å². The lowest BCUT2D eigenvalue weighted by atomic mass is 10.1. The lowest BCUT2D eigenvalue weighted by molar-refractivity contribution is 0.177. The van der Waals surface area contributed by atoms with Crippen molar-refractivity contribution < 1.29 is 18.3 Å². The van der Waals surface area contributed by atoms with Crippen LogP contribution in [0.3, 0.4) is 0 Å². The minimum absolute atomic E-state index is 0.339. The Morgan fingerprint density at radius 2 is 1.79 bits per heavy atom. The third-order valence-electron chi connectivity index (χ3n) is 1.68. The van der Waals surface area contributed by atoms with Crippen molar-refractivity contribution in [2.75, 3.05) is 0 Å². The molecule has 1 atom stereocenters. The van der Waals surface area contributed by atoms with Gasteiger partial charge in [-0.15, -0.1) is 0 Å². The second kappa shape index (κ2) is 4.11. The summed E-state index contributed by atoms with van der Waals surface area (Å²) < 4.78 is 38.0. The van der Waals surface area contributed by atoms with E-state index in [0.717, 1.165) is 0 Å². The molecule has 1 aromatic rings. The Kier molecular flexibility index (Phi) is 3.10. The summed E-state index contributed by atoms with van der Waals surface area (Å²) in [5.74, 6) is -3.64. The quantitative estimate of drug-likeness (QED) is 0.744. The smallest absolute Gasteiger partial charge is 0.161 e. The number of nitrogens with zero attached hydrogens (tertiary/aromatic N) is 1. The minimum atomic E-state index is -1.44. The number of aliphatic hydroxyl groups is 1. The van der Waals surface area contributed by atoms with E-state index >= 15 is 0 Å². The zero-order chi connectivity index (χ0) is 10.7. The van der Waals surface area contributed by atoms with Crippen LogP contribution in [0.4, 0.5) is 13.2 Å². The van der Waals surface area contributed by atoms with E-state index in [4.69, 9.17) is 10.4 Å². The number of hydrogen-bond acceptors (Lipinski definition) is 2. The second-order valence-electron chi connectivity index (χ2n) is 2.67. The van der Waals surface area contributed by atoms with Crippen LogP contribution in [0.2, 0.25) is 0 Å². The van der Waals surface area contributed by atoms with Gasteiger partial charge in [-0.05, 0) is 6.07 Å². The van der Waals surface area contributed by atoms with Crippen molar-refractivity contribution in [3.05, 3.63) is 35.1 Å². The third kappa shape index (κ3) is 2.03. The number of benzene rings is 1. The van der Waals surface area contributed by atoms with Gasteiger partial charge < -0.3 is 5.11 Å². The molecular weight excluding hydrogens is 195 g/mol. The van der Waals surface area contributed by atoms with Crippen LogP contribution in [0.25, 0.3) is 0 Å². The van der Waals surface area contributed by atoms with E-state index in [1.807, 2.05) is 0 Å². The Hall–Kier alpha value is -1.54. The fraction of sp³-hybridized carbons (Fsp3) is 0.222. The molecule has 0 fully saturated rings. The average molecular weight is 201 g/mol. The number of nitriles is 1. The van der Waals surface area contributed by atoms with Crippen molar-refractivity contribution in [3.8, 4) is 6.07 Å². The molecule has 0 aliphatic carbocycles. The normalized spacial score (nSPS) is 12.2. The lowest BCUT2D eigenvalue weighted by Gasteiger charge is -2.08. The molecule has 5 heteroatoms. The van der Waals surface area contributed by atoms with Crippen LogP contribution in [-0.2, 0) is 0 Å². The summed E-state index contributed by atoms with van der Waals surface area (Å²) in [6.45, 7) is 0. The van der Waals surface area contributed by atoms with Gasteiger partial charge in [-0.2, -0.15) is 5.26 Å². The van der Waals surface area contributed by atoms with Crippen molar-refractivity contribution >= 4 is 0 Å². The van der Waals surface area contributed by atoms with Gasteiger partial charge in [0.2, 0.25) is 0 Å². The molecule has 0 bridgehead atoms. The van der Waals surface area contributed by atoms with Crippen LogP contribution in [-0.4, -0.2) is 5.11 Å². The van der Waals surface area contributed by atoms with E-state index in [0.29, 0.717) is 12.1 Å². The zero-order valence-electron chi connectivity index (χ0n) is 6.97. The van der Waals surface area contributed by atoms with E-state index in [1.54, 1.807) is 6.07 Å². The Bertz CT molecular complexity index is 386. The first-order valence-electron chi connectivity index (χ1n) is 3.75. The third-order valence-corrected chi connectivity index (χ3v) is 1.68. The Balaban J connectivity index is 3.10. The van der Waals surface area contributed by atoms with Crippen LogP contribution in [0.15, 0.2) is 12.1 Å². The van der Waals surface area contributed by atoms with Gasteiger partial charge in [-0.25, -0.2) is 13.2 Å². The SMILES string of the molecule is N#CCC(O)c1cc(F)c(F)cc1F. The van der Waals surface area contributed by atoms with E-state index in [-0.39, 0.29) is 6.42 Å². The molecular formula is C9H6F3NO. The minimum Gasteiger partial charge on any atom is -0.387 e. The maximum Gasteiger partial charge on any atom is 0.161 e. The fourth-order valence-corrected chi connectivity index (χ4v) is 0.990. The van der Waals surface area contributed by atoms with Crippen LogP contribution in [0.1, 0.15) is 18.1 Å². The molecule has 14 heavy (non-hydrogen) atoms. The predicted octanol–water partition coefficient (Wildman–Crippen LogP) is 2.05. The molecule has 0 aliphatic heterocycles. The number of aliphatic hydroxyl groups excluding tert-OH is 1. The monoisotopic (exact) mass is 201 g/mol. The molecule has 0 saturated carbocycles. The van der Waals surface area contributed by atoms with Crippen LogP contribution < -0.4 is 0 Å². The molecule has 74 valence electrons. The molecule has 0 amide bonds. The van der Waals surface area contributed by atoms with Gasteiger partial charge in [0.05, 0.1) is 18.6 Å². The molecule has 0 spiro atoms. The maximum atomic E-state index is 12.9. The number of hydrogen-bond donors (Lipinski definition) is 1. The standard InChI is InChI=1S/C9H6F3NO/c10-6-4-8(12)7(11)3-5(6)9(14)1-2-13/h3-4,9,14H,1H2. The molecule has 1 aromatic carbocycles. The maximum absolute atomic E-state index is 12.9. The van der Waals surface area contributed by atoms with Gasteiger partial charge in [-0.1, -0.05) is 0 Å². The Morgan fingerprint density at radius 3 is 2.36 bits per heavy atom. The summed E-state index contributed by atoms with van der Waals surface area (Å²) in [6.07, 6.45) is -1.81. The highest BCUT2D eigenvalue weighted by molar-refractivity contribution is 5.22. The molecule has 2 nitrogen and oxygen atoms in total. The number of halogens is 3. The molecule has 1 N–H and O–H groups in total. The van der Waals surface area contributed by atoms with Crippen molar-refractivity contribution in [2.45, 2.75) is 12.5 Å². The van der Waals surface area contributed by atoms with E-state index in [2.05, 4.69) is 0 Å². The highest BCUT2D eigenvalue weighted by Crippen LogP contribution is 2.22. The average Bonchev–Trinajstić information content (AvgIpc) is 2.11. The van der Waals surface area contributed by atoms with Gasteiger partial charge in [0, 0.05) is 11.6 Å². The summed E-state index contributed by atoms with van der Waals surface area (Å²) in [5.41, 5.74) is -0.412. The highest BCUT2D eigenvalue weighted by atomic mass is 19.2. The van der Waals surface area contributed by atoms with Gasteiger partial charge in [0.15, 0.2) is 11.6 Å². The first-order valence-corrected chi connectivity index (χ1v) is 3.75. The van der Waals surface area contributed by atoms with Crippen LogP contribution in [0.5, 0.6) is 0 Å². The Morgan fingerprint density at radius 1 is 1.21 bits per heavy atom. The largest absolute Gasteiger partial charge is 0.387 e. The van der Waals surface area contributed by atoms with Gasteiger partial charge >= 0.3 is 0 Å². The van der Waals surface area contributed by atoms with E-state index in [9.17, 15) is 13.2 Å². The van der Waals surface area contributed by atoms with E-state index < -0.39 is 29.1 Å². The second-order valence-corrected chi connectivity index (χ2v) is 2.67. The fourth-order valence-electron chi connectivity index (χ4n) is 0.990. The summed E-state index contributed by atoms with van der Waals surface area (Å²) >= 11 is 0. The van der Waals surface area contributed by atoms with Crippen LogP contribution >= 0.6 is 0 Å². The Labute approximate surface area is 78.2 Å². The molecule has 1 unspecified atom stereocenters. The van der Waals surface area contributed by atoms with Gasteiger partial charge in [0.25, 0.3) is 0 Å². The molecule has 0 radical (unpaired) electrons. The van der Waals surface area contributed by atoms with Gasteiger partial charge in [-0.3, -0.25) is 0 Å². The summed E-state index contributed by atoms with van der Waals surface area (Å²) in [7, 11) is 0. The molecule has 0 saturated heterocycles. The predicted molar refractivity (Wildman–Crippen MR) is 41.5 cm³/mol. The van der Waals surface area contributed by atoms with Gasteiger partial charge in [0.1, 0.15) is 5.82 Å². The van der Waals surface area contributed by atoms with E-state index in [1.165, 1.54) is 0 Å².